The van der Waals surface area contributed by atoms with Crippen molar-refractivity contribution in [1.82, 2.24) is 4.57 Å². The van der Waals surface area contributed by atoms with Gasteiger partial charge in [0.2, 0.25) is 0 Å². The minimum atomic E-state index is -0.172. The maximum absolute atomic E-state index is 13.7. The van der Waals surface area contributed by atoms with Gasteiger partial charge in [-0.15, -0.1) is 0 Å². The van der Waals surface area contributed by atoms with E-state index in [0.29, 0.717) is 10.5 Å². The van der Waals surface area contributed by atoms with E-state index >= 15 is 0 Å². The first-order valence-electron chi connectivity index (χ1n) is 6.32. The van der Waals surface area contributed by atoms with E-state index in [0.717, 1.165) is 10.9 Å². The normalized spacial score (nSPS) is 17.5. The zero-order chi connectivity index (χ0) is 12.7. The lowest BCUT2D eigenvalue weighted by Crippen LogP contribution is -2.11. The lowest BCUT2D eigenvalue weighted by Gasteiger charge is -2.24. The number of halogens is 3. The number of aromatic nitrogens is 1. The summed E-state index contributed by atoms with van der Waals surface area (Å²) in [5, 5.41) is 1.15. The quantitative estimate of drug-likeness (QED) is 0.524. The van der Waals surface area contributed by atoms with Crippen LogP contribution in [0, 0.1) is 9.39 Å². The highest BCUT2D eigenvalue weighted by Gasteiger charge is 2.19. The van der Waals surface area contributed by atoms with Crippen molar-refractivity contribution in [2.45, 2.75) is 38.1 Å². The molecule has 1 fully saturated rings. The van der Waals surface area contributed by atoms with E-state index in [2.05, 4.69) is 49.3 Å². The monoisotopic (exact) mass is 421 g/mol. The summed E-state index contributed by atoms with van der Waals surface area (Å²) in [6.07, 6.45) is 8.54. The Kier molecular flexibility index (Phi) is 3.67. The van der Waals surface area contributed by atoms with E-state index in [1.54, 1.807) is 6.07 Å². The van der Waals surface area contributed by atoms with Crippen LogP contribution in [0.1, 0.15) is 38.1 Å². The first-order valence-corrected chi connectivity index (χ1v) is 8.19. The van der Waals surface area contributed by atoms with E-state index < -0.39 is 0 Å². The maximum Gasteiger partial charge on any atom is 0.139 e. The summed E-state index contributed by atoms with van der Waals surface area (Å²) in [4.78, 5) is 0. The molecule has 0 aliphatic heterocycles. The molecule has 1 aromatic carbocycles. The van der Waals surface area contributed by atoms with Crippen LogP contribution in [0.3, 0.4) is 0 Å². The van der Waals surface area contributed by atoms with Crippen molar-refractivity contribution in [3.63, 3.8) is 0 Å². The van der Waals surface area contributed by atoms with E-state index in [-0.39, 0.29) is 5.82 Å². The lowest BCUT2D eigenvalue weighted by molar-refractivity contribution is 0.360. The zero-order valence-corrected chi connectivity index (χ0v) is 13.7. The Hall–Kier alpha value is -0.100. The van der Waals surface area contributed by atoms with Crippen molar-refractivity contribution in [2.75, 3.05) is 0 Å². The van der Waals surface area contributed by atoms with Crippen LogP contribution < -0.4 is 0 Å². The summed E-state index contributed by atoms with van der Waals surface area (Å²) < 4.78 is 17.8. The van der Waals surface area contributed by atoms with Crippen LogP contribution in [0.2, 0.25) is 0 Å². The Morgan fingerprint density at radius 3 is 2.67 bits per heavy atom. The number of hydrogen-bond acceptors (Lipinski definition) is 0. The maximum atomic E-state index is 13.7. The van der Waals surface area contributed by atoms with Gasteiger partial charge in [0.25, 0.3) is 0 Å². The highest BCUT2D eigenvalue weighted by atomic mass is 127. The average Bonchev–Trinajstić information content (AvgIpc) is 2.69. The van der Waals surface area contributed by atoms with Gasteiger partial charge in [-0.05, 0) is 63.5 Å². The molecule has 1 saturated carbocycles. The highest BCUT2D eigenvalue weighted by Crippen LogP contribution is 2.35. The van der Waals surface area contributed by atoms with Gasteiger partial charge in [0.15, 0.2) is 0 Å². The third kappa shape index (κ3) is 2.22. The fraction of sp³-hybridized carbons (Fsp3) is 0.429. The number of hydrogen-bond donors (Lipinski definition) is 0. The lowest BCUT2D eigenvalue weighted by atomic mass is 9.95. The molecule has 1 aliphatic rings. The second-order valence-corrected chi connectivity index (χ2v) is 6.98. The summed E-state index contributed by atoms with van der Waals surface area (Å²) >= 11 is 5.61. The van der Waals surface area contributed by atoms with E-state index in [4.69, 9.17) is 0 Å². The second-order valence-electron chi connectivity index (χ2n) is 4.96. The molecule has 0 atom stereocenters. The Bertz CT molecular complexity index is 587. The average molecular weight is 422 g/mol. The van der Waals surface area contributed by atoms with Gasteiger partial charge in [-0.1, -0.05) is 19.3 Å². The van der Waals surface area contributed by atoms with Crippen LogP contribution in [0.4, 0.5) is 4.39 Å². The van der Waals surface area contributed by atoms with Crippen molar-refractivity contribution >= 4 is 49.4 Å². The topological polar surface area (TPSA) is 4.93 Å². The van der Waals surface area contributed by atoms with Gasteiger partial charge in [-0.25, -0.2) is 4.39 Å². The molecule has 96 valence electrons. The smallest absolute Gasteiger partial charge is 0.139 e. The number of nitrogens with zero attached hydrogens (tertiary/aromatic N) is 1. The van der Waals surface area contributed by atoms with E-state index in [1.807, 2.05) is 6.07 Å². The third-order valence-electron chi connectivity index (χ3n) is 3.79. The molecule has 3 rings (SSSR count). The molecule has 18 heavy (non-hydrogen) atoms. The van der Waals surface area contributed by atoms with Crippen LogP contribution >= 0.6 is 38.5 Å². The van der Waals surface area contributed by atoms with Crippen LogP contribution in [0.5, 0.6) is 0 Å². The Morgan fingerprint density at radius 2 is 1.94 bits per heavy atom. The molecular weight excluding hydrogens is 408 g/mol. The molecule has 1 nitrogen and oxygen atoms in total. The third-order valence-corrected chi connectivity index (χ3v) is 5.26. The Balaban J connectivity index is 2.14. The summed E-state index contributed by atoms with van der Waals surface area (Å²) in [5.41, 5.74) is 1.03. The summed E-state index contributed by atoms with van der Waals surface area (Å²) in [6, 6.07) is 4.10. The van der Waals surface area contributed by atoms with Gasteiger partial charge >= 0.3 is 0 Å². The van der Waals surface area contributed by atoms with Crippen molar-refractivity contribution in [1.29, 1.82) is 0 Å². The molecule has 4 heteroatoms. The summed E-state index contributed by atoms with van der Waals surface area (Å²) in [7, 11) is 0. The Morgan fingerprint density at radius 1 is 1.22 bits per heavy atom. The summed E-state index contributed by atoms with van der Waals surface area (Å²) in [6.45, 7) is 0. The van der Waals surface area contributed by atoms with Crippen LogP contribution in [0.15, 0.2) is 22.8 Å². The molecule has 1 aromatic heterocycles. The summed E-state index contributed by atoms with van der Waals surface area (Å²) in [5.74, 6) is -0.172. The first kappa shape index (κ1) is 12.9. The number of benzene rings is 1. The fourth-order valence-corrected chi connectivity index (χ4v) is 3.94. The molecule has 0 N–H and O–H groups in total. The van der Waals surface area contributed by atoms with Gasteiger partial charge in [0, 0.05) is 21.2 Å². The van der Waals surface area contributed by atoms with Gasteiger partial charge in [0.05, 0.1) is 9.99 Å². The fourth-order valence-electron chi connectivity index (χ4n) is 2.86. The van der Waals surface area contributed by atoms with Crippen molar-refractivity contribution < 1.29 is 4.39 Å². The molecule has 2 aromatic rings. The largest absolute Gasteiger partial charge is 0.343 e. The minimum Gasteiger partial charge on any atom is -0.343 e. The van der Waals surface area contributed by atoms with Crippen LogP contribution in [-0.2, 0) is 0 Å². The molecule has 0 spiro atoms. The Labute approximate surface area is 128 Å². The van der Waals surface area contributed by atoms with E-state index in [1.165, 1.54) is 35.7 Å². The zero-order valence-electron chi connectivity index (χ0n) is 9.93. The number of rotatable bonds is 1. The highest BCUT2D eigenvalue weighted by molar-refractivity contribution is 14.1. The molecule has 0 saturated heterocycles. The van der Waals surface area contributed by atoms with Gasteiger partial charge in [-0.2, -0.15) is 0 Å². The van der Waals surface area contributed by atoms with E-state index in [9.17, 15) is 4.39 Å². The molecule has 1 aliphatic carbocycles. The van der Waals surface area contributed by atoms with Crippen molar-refractivity contribution in [3.8, 4) is 0 Å². The SMILES string of the molecule is Fc1cc2c(cc1Br)c(I)cn2C1CCCCC1. The second kappa shape index (κ2) is 5.12. The molecule has 0 unspecified atom stereocenters. The predicted molar refractivity (Wildman–Crippen MR) is 84.4 cm³/mol. The number of fused-ring (bicyclic) bond motifs is 1. The van der Waals surface area contributed by atoms with Crippen molar-refractivity contribution in [2.24, 2.45) is 0 Å². The van der Waals surface area contributed by atoms with Gasteiger partial charge in [-0.3, -0.25) is 0 Å². The van der Waals surface area contributed by atoms with Crippen LogP contribution in [0.25, 0.3) is 10.9 Å². The van der Waals surface area contributed by atoms with Crippen LogP contribution in [-0.4, -0.2) is 4.57 Å². The van der Waals surface area contributed by atoms with Crippen molar-refractivity contribution in [3.05, 3.63) is 32.2 Å². The van der Waals surface area contributed by atoms with Gasteiger partial charge in [0.1, 0.15) is 5.82 Å². The minimum absolute atomic E-state index is 0.172. The molecule has 0 amide bonds. The first-order chi connectivity index (χ1) is 8.66. The molecular formula is C14H14BrFIN. The molecule has 0 radical (unpaired) electrons. The molecule has 1 heterocycles. The predicted octanol–water partition coefficient (Wildman–Crippen LogP) is 5.65. The standard InChI is InChI=1S/C14H14BrFIN/c15-11-6-10-13(17)8-18(14(10)7-12(11)16)9-4-2-1-3-5-9/h6-9H,1-5H2. The molecule has 0 bridgehead atoms. The van der Waals surface area contributed by atoms with Gasteiger partial charge < -0.3 is 4.57 Å².